The minimum atomic E-state index is -0.00445. The first-order valence-electron chi connectivity index (χ1n) is 13.2. The Kier molecular flexibility index (Phi) is 13.4. The molecule has 0 unspecified atom stereocenters. The molecule has 0 heterocycles. The van der Waals surface area contributed by atoms with Crippen LogP contribution in [0, 0.1) is 0 Å². The highest BCUT2D eigenvalue weighted by atomic mass is 16.5. The molecular weight excluding hydrogens is 384 g/mol. The fourth-order valence-electron chi connectivity index (χ4n) is 4.60. The quantitative estimate of drug-likeness (QED) is 0.195. The SMILES string of the molecule is CCCCCCCCCCCC(=O)O[C@H]1CCCC[C@@H]1c1cccc(OCCCC)c1. The summed E-state index contributed by atoms with van der Waals surface area (Å²) < 4.78 is 11.9. The second-order valence-electron chi connectivity index (χ2n) is 9.27. The van der Waals surface area contributed by atoms with Crippen LogP contribution in [0.15, 0.2) is 24.3 Å². The summed E-state index contributed by atoms with van der Waals surface area (Å²) in [4.78, 5) is 12.5. The predicted octanol–water partition coefficient (Wildman–Crippen LogP) is 8.36. The molecule has 2 rings (SSSR count). The van der Waals surface area contributed by atoms with Gasteiger partial charge < -0.3 is 9.47 Å². The van der Waals surface area contributed by atoms with Gasteiger partial charge in [0.2, 0.25) is 0 Å². The Hall–Kier alpha value is -1.51. The Morgan fingerprint density at radius 2 is 1.55 bits per heavy atom. The molecule has 0 spiro atoms. The summed E-state index contributed by atoms with van der Waals surface area (Å²) in [7, 11) is 0. The van der Waals surface area contributed by atoms with Gasteiger partial charge in [-0.2, -0.15) is 0 Å². The third-order valence-electron chi connectivity index (χ3n) is 6.52. The van der Waals surface area contributed by atoms with Crippen molar-refractivity contribution in [3.05, 3.63) is 29.8 Å². The van der Waals surface area contributed by atoms with Crippen LogP contribution < -0.4 is 4.74 Å². The van der Waals surface area contributed by atoms with Crippen molar-refractivity contribution in [1.82, 2.24) is 0 Å². The molecule has 1 saturated carbocycles. The molecule has 1 aliphatic carbocycles. The third-order valence-corrected chi connectivity index (χ3v) is 6.52. The smallest absolute Gasteiger partial charge is 0.306 e. The minimum absolute atomic E-state index is 0.00445. The second-order valence-corrected chi connectivity index (χ2v) is 9.27. The van der Waals surface area contributed by atoms with Crippen LogP contribution in [-0.2, 0) is 9.53 Å². The van der Waals surface area contributed by atoms with Crippen molar-refractivity contribution in [2.24, 2.45) is 0 Å². The zero-order valence-corrected chi connectivity index (χ0v) is 20.2. The number of hydrogen-bond acceptors (Lipinski definition) is 3. The molecule has 3 nitrogen and oxygen atoms in total. The molecule has 2 atom stereocenters. The molecule has 3 heteroatoms. The van der Waals surface area contributed by atoms with Gasteiger partial charge in [0.15, 0.2) is 0 Å². The van der Waals surface area contributed by atoms with E-state index in [0.29, 0.717) is 12.3 Å². The number of benzene rings is 1. The predicted molar refractivity (Wildman–Crippen MR) is 130 cm³/mol. The highest BCUT2D eigenvalue weighted by Crippen LogP contribution is 2.36. The molecule has 0 N–H and O–H groups in total. The van der Waals surface area contributed by atoms with Gasteiger partial charge in [0, 0.05) is 12.3 Å². The molecule has 1 aromatic carbocycles. The van der Waals surface area contributed by atoms with Crippen LogP contribution in [0.4, 0.5) is 0 Å². The first-order valence-corrected chi connectivity index (χ1v) is 13.2. The maximum absolute atomic E-state index is 12.5. The fraction of sp³-hybridized carbons (Fsp3) is 0.750. The Bertz CT molecular complexity index is 598. The molecule has 0 aromatic heterocycles. The lowest BCUT2D eigenvalue weighted by atomic mass is 9.81. The van der Waals surface area contributed by atoms with Crippen LogP contribution in [0.1, 0.15) is 128 Å². The number of esters is 1. The fourth-order valence-corrected chi connectivity index (χ4v) is 4.60. The third kappa shape index (κ3) is 10.6. The highest BCUT2D eigenvalue weighted by Gasteiger charge is 2.29. The summed E-state index contributed by atoms with van der Waals surface area (Å²) in [6.07, 6.45) is 18.7. The van der Waals surface area contributed by atoms with E-state index in [1.165, 1.54) is 56.9 Å². The average molecular weight is 431 g/mol. The molecule has 0 aliphatic heterocycles. The number of carbonyl (C=O) groups excluding carboxylic acids is 1. The molecular formula is C28H46O3. The second kappa shape index (κ2) is 16.2. The van der Waals surface area contributed by atoms with E-state index in [1.54, 1.807) is 0 Å². The van der Waals surface area contributed by atoms with Gasteiger partial charge in [0.25, 0.3) is 0 Å². The van der Waals surface area contributed by atoms with Gasteiger partial charge in [-0.1, -0.05) is 90.2 Å². The monoisotopic (exact) mass is 430 g/mol. The van der Waals surface area contributed by atoms with Gasteiger partial charge in [-0.25, -0.2) is 0 Å². The average Bonchev–Trinajstić information content (AvgIpc) is 2.79. The van der Waals surface area contributed by atoms with Crippen LogP contribution in [0.25, 0.3) is 0 Å². The van der Waals surface area contributed by atoms with E-state index < -0.39 is 0 Å². The molecule has 176 valence electrons. The Morgan fingerprint density at radius 3 is 2.29 bits per heavy atom. The van der Waals surface area contributed by atoms with Gasteiger partial charge >= 0.3 is 5.97 Å². The molecule has 0 saturated heterocycles. The summed E-state index contributed by atoms with van der Waals surface area (Å²) >= 11 is 0. The lowest BCUT2D eigenvalue weighted by molar-refractivity contribution is -0.151. The van der Waals surface area contributed by atoms with Gasteiger partial charge in [0.05, 0.1) is 6.61 Å². The number of carbonyl (C=O) groups is 1. The van der Waals surface area contributed by atoms with Crippen molar-refractivity contribution in [3.63, 3.8) is 0 Å². The van der Waals surface area contributed by atoms with E-state index in [9.17, 15) is 4.79 Å². The molecule has 0 amide bonds. The van der Waals surface area contributed by atoms with Crippen molar-refractivity contribution < 1.29 is 14.3 Å². The molecule has 1 aliphatic rings. The number of rotatable bonds is 16. The van der Waals surface area contributed by atoms with Crippen molar-refractivity contribution in [2.45, 2.75) is 129 Å². The summed E-state index contributed by atoms with van der Waals surface area (Å²) in [6, 6.07) is 8.44. The summed E-state index contributed by atoms with van der Waals surface area (Å²) in [5, 5.41) is 0. The van der Waals surface area contributed by atoms with Crippen LogP contribution >= 0.6 is 0 Å². The van der Waals surface area contributed by atoms with E-state index in [-0.39, 0.29) is 12.1 Å². The standard InChI is InChI=1S/C28H46O3/c1-3-5-7-8-9-10-11-12-13-21-28(29)31-27-20-15-14-19-26(27)24-17-16-18-25(23-24)30-22-6-4-2/h16-18,23,26-27H,3-15,19-22H2,1-2H3/t26-,27+/m1/s1. The van der Waals surface area contributed by atoms with E-state index in [0.717, 1.165) is 57.3 Å². The van der Waals surface area contributed by atoms with Crippen molar-refractivity contribution in [1.29, 1.82) is 0 Å². The van der Waals surface area contributed by atoms with Crippen molar-refractivity contribution in [3.8, 4) is 5.75 Å². The maximum atomic E-state index is 12.5. The number of ether oxygens (including phenoxy) is 2. The van der Waals surface area contributed by atoms with Gasteiger partial charge in [-0.3, -0.25) is 4.79 Å². The van der Waals surface area contributed by atoms with Crippen LogP contribution in [0.5, 0.6) is 5.75 Å². The van der Waals surface area contributed by atoms with Crippen LogP contribution in [-0.4, -0.2) is 18.7 Å². The lowest BCUT2D eigenvalue weighted by Gasteiger charge is -2.31. The first-order chi connectivity index (χ1) is 15.2. The topological polar surface area (TPSA) is 35.5 Å². The normalized spacial score (nSPS) is 18.6. The molecule has 0 bridgehead atoms. The maximum Gasteiger partial charge on any atom is 0.306 e. The number of hydrogen-bond donors (Lipinski definition) is 0. The lowest BCUT2D eigenvalue weighted by Crippen LogP contribution is -2.28. The molecule has 0 radical (unpaired) electrons. The largest absolute Gasteiger partial charge is 0.494 e. The van der Waals surface area contributed by atoms with Crippen LogP contribution in [0.2, 0.25) is 0 Å². The zero-order valence-electron chi connectivity index (χ0n) is 20.2. The Morgan fingerprint density at radius 1 is 0.871 bits per heavy atom. The zero-order chi connectivity index (χ0) is 22.2. The van der Waals surface area contributed by atoms with E-state index >= 15 is 0 Å². The highest BCUT2D eigenvalue weighted by molar-refractivity contribution is 5.69. The van der Waals surface area contributed by atoms with Crippen molar-refractivity contribution >= 4 is 5.97 Å². The van der Waals surface area contributed by atoms with E-state index in [1.807, 2.05) is 6.07 Å². The van der Waals surface area contributed by atoms with Crippen LogP contribution in [0.3, 0.4) is 0 Å². The van der Waals surface area contributed by atoms with E-state index in [4.69, 9.17) is 9.47 Å². The molecule has 31 heavy (non-hydrogen) atoms. The van der Waals surface area contributed by atoms with Gasteiger partial charge in [-0.05, 0) is 49.8 Å². The number of unbranched alkanes of at least 4 members (excludes halogenated alkanes) is 9. The summed E-state index contributed by atoms with van der Waals surface area (Å²) in [5.41, 5.74) is 1.26. The molecule has 1 fully saturated rings. The van der Waals surface area contributed by atoms with Crippen molar-refractivity contribution in [2.75, 3.05) is 6.61 Å². The Labute approximate surface area is 191 Å². The molecule has 1 aromatic rings. The van der Waals surface area contributed by atoms with E-state index in [2.05, 4.69) is 32.0 Å². The first kappa shape index (κ1) is 25.7. The summed E-state index contributed by atoms with van der Waals surface area (Å²) in [6.45, 7) is 5.20. The Balaban J connectivity index is 1.72. The van der Waals surface area contributed by atoms with Gasteiger partial charge in [-0.15, -0.1) is 0 Å². The minimum Gasteiger partial charge on any atom is -0.494 e. The summed E-state index contributed by atoms with van der Waals surface area (Å²) in [5.74, 6) is 1.24. The van der Waals surface area contributed by atoms with Gasteiger partial charge in [0.1, 0.15) is 11.9 Å².